The average Bonchev–Trinajstić information content (AvgIpc) is 2.85. The van der Waals surface area contributed by atoms with Gasteiger partial charge >= 0.3 is 0 Å². The number of tetrazole rings is 1. The third-order valence-corrected chi connectivity index (χ3v) is 4.33. The van der Waals surface area contributed by atoms with Gasteiger partial charge in [-0.05, 0) is 42.5 Å². The molecule has 0 saturated carbocycles. The molecule has 0 aliphatic carbocycles. The van der Waals surface area contributed by atoms with Crippen LogP contribution in [0.3, 0.4) is 0 Å². The van der Waals surface area contributed by atoms with Crippen molar-refractivity contribution in [3.8, 4) is 5.69 Å². The molecule has 6 nitrogen and oxygen atoms in total. The van der Waals surface area contributed by atoms with Crippen molar-refractivity contribution >= 4 is 39.9 Å². The molecule has 0 amide bonds. The maximum Gasteiger partial charge on any atom is 0.170 e. The maximum absolute atomic E-state index is 6.30. The van der Waals surface area contributed by atoms with Gasteiger partial charge in [0.25, 0.3) is 0 Å². The zero-order valence-electron chi connectivity index (χ0n) is 12.8. The SMILES string of the molecule is CC1CN(Cc2nnnn2-c2ccc(Br)cc2Cl)CC(C)O1.Cl. The van der Waals surface area contributed by atoms with E-state index in [9.17, 15) is 0 Å². The van der Waals surface area contributed by atoms with Crippen molar-refractivity contribution in [2.45, 2.75) is 32.6 Å². The number of nitrogens with zero attached hydrogens (tertiary/aromatic N) is 5. The number of halogens is 3. The Balaban J connectivity index is 0.00000192. The fourth-order valence-corrected chi connectivity index (χ4v) is 3.51. The van der Waals surface area contributed by atoms with E-state index in [4.69, 9.17) is 16.3 Å². The van der Waals surface area contributed by atoms with Crippen LogP contribution < -0.4 is 0 Å². The number of rotatable bonds is 3. The number of hydrogen-bond donors (Lipinski definition) is 0. The Morgan fingerprint density at radius 2 is 2.00 bits per heavy atom. The summed E-state index contributed by atoms with van der Waals surface area (Å²) < 4.78 is 8.37. The summed E-state index contributed by atoms with van der Waals surface area (Å²) in [5.74, 6) is 0.769. The van der Waals surface area contributed by atoms with Crippen LogP contribution in [0.1, 0.15) is 19.7 Å². The van der Waals surface area contributed by atoms with E-state index < -0.39 is 0 Å². The van der Waals surface area contributed by atoms with Gasteiger partial charge in [-0.15, -0.1) is 17.5 Å². The third kappa shape index (κ3) is 4.42. The molecule has 1 fully saturated rings. The minimum absolute atomic E-state index is 0. The van der Waals surface area contributed by atoms with Crippen molar-refractivity contribution in [3.05, 3.63) is 33.5 Å². The van der Waals surface area contributed by atoms with Gasteiger partial charge < -0.3 is 4.74 Å². The van der Waals surface area contributed by atoms with Gasteiger partial charge in [0, 0.05) is 17.6 Å². The van der Waals surface area contributed by atoms with Crippen LogP contribution in [-0.2, 0) is 11.3 Å². The van der Waals surface area contributed by atoms with Gasteiger partial charge in [-0.2, -0.15) is 4.68 Å². The van der Waals surface area contributed by atoms with E-state index in [1.54, 1.807) is 4.68 Å². The quantitative estimate of drug-likeness (QED) is 0.760. The third-order valence-electron chi connectivity index (χ3n) is 3.53. The van der Waals surface area contributed by atoms with Crippen molar-refractivity contribution in [1.29, 1.82) is 0 Å². The molecule has 23 heavy (non-hydrogen) atoms. The molecule has 3 rings (SSSR count). The second kappa shape index (κ2) is 7.90. The monoisotopic (exact) mass is 421 g/mol. The fourth-order valence-electron chi connectivity index (χ4n) is 2.76. The van der Waals surface area contributed by atoms with Crippen LogP contribution in [0, 0.1) is 0 Å². The summed E-state index contributed by atoms with van der Waals surface area (Å²) >= 11 is 9.71. The second-order valence-electron chi connectivity index (χ2n) is 5.55. The number of morpholine rings is 1. The van der Waals surface area contributed by atoms with Gasteiger partial charge in [-0.3, -0.25) is 4.90 Å². The van der Waals surface area contributed by atoms with Crippen LogP contribution in [-0.4, -0.2) is 50.4 Å². The largest absolute Gasteiger partial charge is 0.373 e. The summed E-state index contributed by atoms with van der Waals surface area (Å²) in [6.45, 7) is 6.56. The van der Waals surface area contributed by atoms with E-state index >= 15 is 0 Å². The van der Waals surface area contributed by atoms with Gasteiger partial charge in [0.15, 0.2) is 5.82 Å². The van der Waals surface area contributed by atoms with Crippen molar-refractivity contribution in [2.75, 3.05) is 13.1 Å². The van der Waals surface area contributed by atoms with E-state index in [1.165, 1.54) is 0 Å². The number of benzene rings is 1. The molecule has 1 saturated heterocycles. The molecular weight excluding hydrogens is 405 g/mol. The lowest BCUT2D eigenvalue weighted by atomic mass is 10.2. The van der Waals surface area contributed by atoms with Gasteiger partial charge in [-0.1, -0.05) is 27.5 Å². The average molecular weight is 423 g/mol. The predicted molar refractivity (Wildman–Crippen MR) is 94.4 cm³/mol. The molecule has 1 aliphatic rings. The zero-order valence-corrected chi connectivity index (χ0v) is 16.0. The Bertz CT molecular complexity index is 658. The highest BCUT2D eigenvalue weighted by Gasteiger charge is 2.24. The van der Waals surface area contributed by atoms with E-state index in [2.05, 4.69) is 50.2 Å². The summed E-state index contributed by atoms with van der Waals surface area (Å²) in [6.07, 6.45) is 0.425. The first kappa shape index (κ1) is 18.6. The van der Waals surface area contributed by atoms with Crippen LogP contribution in [0.5, 0.6) is 0 Å². The van der Waals surface area contributed by atoms with Crippen LogP contribution in [0.25, 0.3) is 5.69 Å². The molecule has 2 aromatic rings. The predicted octanol–water partition coefficient (Wildman–Crippen LogP) is 3.11. The minimum Gasteiger partial charge on any atom is -0.373 e. The van der Waals surface area contributed by atoms with Gasteiger partial charge in [-0.25, -0.2) is 0 Å². The summed E-state index contributed by atoms with van der Waals surface area (Å²) in [6, 6.07) is 5.66. The molecule has 1 aromatic heterocycles. The molecule has 2 heterocycles. The molecule has 1 aliphatic heterocycles. The van der Waals surface area contributed by atoms with Crippen molar-refractivity contribution in [3.63, 3.8) is 0 Å². The summed E-state index contributed by atoms with van der Waals surface area (Å²) in [4.78, 5) is 2.30. The summed E-state index contributed by atoms with van der Waals surface area (Å²) in [7, 11) is 0. The molecule has 0 radical (unpaired) electrons. The van der Waals surface area contributed by atoms with Crippen LogP contribution in [0.2, 0.25) is 5.02 Å². The molecule has 2 unspecified atom stereocenters. The molecule has 0 bridgehead atoms. The standard InChI is InChI=1S/C14H17BrClN5O.ClH/c1-9-6-20(7-10(2)22-9)8-14-17-18-19-21(14)13-4-3-11(15)5-12(13)16;/h3-5,9-10H,6-8H2,1-2H3;1H. The van der Waals surface area contributed by atoms with Crippen LogP contribution in [0.4, 0.5) is 0 Å². The highest BCUT2D eigenvalue weighted by molar-refractivity contribution is 9.10. The van der Waals surface area contributed by atoms with E-state index in [-0.39, 0.29) is 24.6 Å². The highest BCUT2D eigenvalue weighted by Crippen LogP contribution is 2.25. The Labute approximate surface area is 154 Å². The fraction of sp³-hybridized carbons (Fsp3) is 0.500. The lowest BCUT2D eigenvalue weighted by Gasteiger charge is -2.34. The highest BCUT2D eigenvalue weighted by atomic mass is 79.9. The molecule has 9 heteroatoms. The second-order valence-corrected chi connectivity index (χ2v) is 6.88. The van der Waals surface area contributed by atoms with Crippen LogP contribution in [0.15, 0.2) is 22.7 Å². The maximum atomic E-state index is 6.30. The van der Waals surface area contributed by atoms with E-state index in [0.717, 1.165) is 29.1 Å². The van der Waals surface area contributed by atoms with Gasteiger partial charge in [0.2, 0.25) is 0 Å². The molecular formula is C14H18BrCl2N5O. The Morgan fingerprint density at radius 3 is 2.65 bits per heavy atom. The smallest absolute Gasteiger partial charge is 0.170 e. The van der Waals surface area contributed by atoms with Crippen molar-refractivity contribution < 1.29 is 4.74 Å². The first-order valence-corrected chi connectivity index (χ1v) is 8.30. The van der Waals surface area contributed by atoms with Crippen molar-refractivity contribution in [2.24, 2.45) is 0 Å². The molecule has 1 aromatic carbocycles. The minimum atomic E-state index is 0. The molecule has 2 atom stereocenters. The lowest BCUT2D eigenvalue weighted by molar-refractivity contribution is -0.0712. The number of ether oxygens (including phenoxy) is 1. The molecule has 126 valence electrons. The van der Waals surface area contributed by atoms with Crippen molar-refractivity contribution in [1.82, 2.24) is 25.1 Å². The van der Waals surface area contributed by atoms with E-state index in [0.29, 0.717) is 11.6 Å². The molecule has 0 N–H and O–H groups in total. The van der Waals surface area contributed by atoms with E-state index in [1.807, 2.05) is 18.2 Å². The first-order chi connectivity index (χ1) is 10.5. The lowest BCUT2D eigenvalue weighted by Crippen LogP contribution is -2.45. The Morgan fingerprint density at radius 1 is 1.30 bits per heavy atom. The van der Waals surface area contributed by atoms with Gasteiger partial charge in [0.1, 0.15) is 0 Å². The Hall–Kier alpha value is -0.730. The summed E-state index contributed by atoms with van der Waals surface area (Å²) in [5.41, 5.74) is 0.777. The van der Waals surface area contributed by atoms with Gasteiger partial charge in [0.05, 0.1) is 29.5 Å². The topological polar surface area (TPSA) is 56.1 Å². The number of aromatic nitrogens is 4. The Kier molecular flexibility index (Phi) is 6.39. The molecule has 0 spiro atoms. The first-order valence-electron chi connectivity index (χ1n) is 7.13. The number of hydrogen-bond acceptors (Lipinski definition) is 5. The normalized spacial score (nSPS) is 21.9. The zero-order chi connectivity index (χ0) is 15.7. The summed E-state index contributed by atoms with van der Waals surface area (Å²) in [5, 5.41) is 12.6. The van der Waals surface area contributed by atoms with Crippen LogP contribution >= 0.6 is 39.9 Å².